The van der Waals surface area contributed by atoms with E-state index in [1.165, 1.54) is 0 Å². The van der Waals surface area contributed by atoms with E-state index in [1.807, 2.05) is 0 Å². The Hall–Kier alpha value is -0.940. The third-order valence-corrected chi connectivity index (χ3v) is 2.80. The van der Waals surface area contributed by atoms with Crippen molar-refractivity contribution in [3.8, 4) is 0 Å². The summed E-state index contributed by atoms with van der Waals surface area (Å²) in [5.74, 6) is -0.0733. The van der Waals surface area contributed by atoms with Gasteiger partial charge in [-0.25, -0.2) is 4.98 Å². The Morgan fingerprint density at radius 3 is 2.67 bits per heavy atom. The van der Waals surface area contributed by atoms with Crippen LogP contribution in [0.5, 0.6) is 0 Å². The minimum absolute atomic E-state index is 0.0733. The molecule has 100 valence electrons. The van der Waals surface area contributed by atoms with Crippen molar-refractivity contribution in [2.75, 3.05) is 5.32 Å². The number of aromatic nitrogens is 1. The fourth-order valence-corrected chi connectivity index (χ4v) is 1.99. The number of carbonyl (C=O) groups excluding carboxylic acids is 1. The zero-order chi connectivity index (χ0) is 13.8. The summed E-state index contributed by atoms with van der Waals surface area (Å²) in [5.41, 5.74) is 6.78. The first-order valence-corrected chi connectivity index (χ1v) is 6.72. The fourth-order valence-electron chi connectivity index (χ4n) is 1.76. The molecular weight excluding hydrogens is 294 g/mol. The highest BCUT2D eigenvalue weighted by Gasteiger charge is 2.18. The number of nitrogens with zero attached hydrogens (tertiary/aromatic N) is 1. The first-order valence-electron chi connectivity index (χ1n) is 5.93. The molecule has 1 rings (SSSR count). The number of anilines is 1. The van der Waals surface area contributed by atoms with Gasteiger partial charge < -0.3 is 11.1 Å². The van der Waals surface area contributed by atoms with E-state index in [1.54, 1.807) is 18.3 Å². The highest BCUT2D eigenvalue weighted by Crippen LogP contribution is 2.21. The summed E-state index contributed by atoms with van der Waals surface area (Å²) in [5, 5.41) is 2.78. The summed E-state index contributed by atoms with van der Waals surface area (Å²) in [7, 11) is 0. The molecule has 0 aliphatic heterocycles. The molecule has 1 unspecified atom stereocenters. The number of carbonyl (C=O) groups is 1. The van der Waals surface area contributed by atoms with E-state index in [9.17, 15) is 4.79 Å². The van der Waals surface area contributed by atoms with Crippen molar-refractivity contribution in [1.29, 1.82) is 0 Å². The van der Waals surface area contributed by atoms with Crippen molar-refractivity contribution in [2.24, 2.45) is 11.1 Å². The molecule has 0 fully saturated rings. The summed E-state index contributed by atoms with van der Waals surface area (Å²) < 4.78 is 0.741. The van der Waals surface area contributed by atoms with Crippen LogP contribution in [0.25, 0.3) is 0 Å². The molecule has 18 heavy (non-hydrogen) atoms. The number of amides is 1. The van der Waals surface area contributed by atoms with Crippen molar-refractivity contribution in [3.63, 3.8) is 0 Å². The van der Waals surface area contributed by atoms with E-state index >= 15 is 0 Å². The van der Waals surface area contributed by atoms with Gasteiger partial charge >= 0.3 is 0 Å². The van der Waals surface area contributed by atoms with Gasteiger partial charge in [-0.2, -0.15) is 0 Å². The number of nitrogens with one attached hydrogen (secondary N) is 1. The van der Waals surface area contributed by atoms with Crippen molar-refractivity contribution in [1.82, 2.24) is 4.98 Å². The van der Waals surface area contributed by atoms with Gasteiger partial charge in [-0.1, -0.05) is 20.8 Å². The van der Waals surface area contributed by atoms with Crippen molar-refractivity contribution >= 4 is 27.5 Å². The summed E-state index contributed by atoms with van der Waals surface area (Å²) in [6.07, 6.45) is 2.75. The van der Waals surface area contributed by atoms with Crippen LogP contribution in [0.15, 0.2) is 22.9 Å². The number of rotatable bonds is 4. The zero-order valence-electron chi connectivity index (χ0n) is 11.0. The maximum Gasteiger partial charge on any atom is 0.225 e. The van der Waals surface area contributed by atoms with E-state index in [4.69, 9.17) is 5.73 Å². The Kier molecular flexibility index (Phi) is 5.28. The molecule has 0 spiro atoms. The molecule has 1 atom stereocenters. The molecular formula is C13H20BrN3O. The van der Waals surface area contributed by atoms with Gasteiger partial charge in [0.2, 0.25) is 5.91 Å². The summed E-state index contributed by atoms with van der Waals surface area (Å²) in [4.78, 5) is 15.8. The second kappa shape index (κ2) is 6.29. The molecule has 1 amide bonds. The lowest BCUT2D eigenvalue weighted by atomic mass is 9.87. The Balaban J connectivity index is 2.44. The number of hydrogen-bond acceptors (Lipinski definition) is 3. The number of hydrogen-bond donors (Lipinski definition) is 2. The van der Waals surface area contributed by atoms with E-state index in [0.717, 1.165) is 11.0 Å². The van der Waals surface area contributed by atoms with E-state index in [2.05, 4.69) is 47.0 Å². The predicted molar refractivity (Wildman–Crippen MR) is 77.2 cm³/mol. The molecule has 3 N–H and O–H groups in total. The van der Waals surface area contributed by atoms with Crippen LogP contribution in [0.3, 0.4) is 0 Å². The normalized spacial score (nSPS) is 13.2. The van der Waals surface area contributed by atoms with Gasteiger partial charge in [-0.3, -0.25) is 4.79 Å². The average Bonchev–Trinajstić information content (AvgIpc) is 2.18. The quantitative estimate of drug-likeness (QED) is 0.840. The second-order valence-corrected chi connectivity index (χ2v) is 6.46. The zero-order valence-corrected chi connectivity index (χ0v) is 12.6. The number of halogens is 1. The minimum Gasteiger partial charge on any atom is -0.327 e. The molecule has 0 aliphatic carbocycles. The Morgan fingerprint density at radius 2 is 2.17 bits per heavy atom. The first kappa shape index (κ1) is 15.1. The largest absolute Gasteiger partial charge is 0.327 e. The lowest BCUT2D eigenvalue weighted by molar-refractivity contribution is -0.116. The van der Waals surface area contributed by atoms with E-state index in [-0.39, 0.29) is 17.4 Å². The van der Waals surface area contributed by atoms with Crippen molar-refractivity contribution in [3.05, 3.63) is 22.9 Å². The molecule has 1 heterocycles. The lowest BCUT2D eigenvalue weighted by Crippen LogP contribution is -2.31. The standard InChI is InChI=1S/C13H20BrN3O/c1-13(2,3)7-9(15)6-12(18)17-10-4-5-11(14)16-8-10/h4-5,8-9H,6-7,15H2,1-3H3,(H,17,18). The van der Waals surface area contributed by atoms with Gasteiger partial charge in [-0.05, 0) is 39.9 Å². The van der Waals surface area contributed by atoms with Crippen LogP contribution in [0.2, 0.25) is 0 Å². The Bertz CT molecular complexity index is 398. The maximum atomic E-state index is 11.8. The summed E-state index contributed by atoms with van der Waals surface area (Å²) in [6, 6.07) is 3.46. The van der Waals surface area contributed by atoms with Crippen LogP contribution < -0.4 is 11.1 Å². The van der Waals surface area contributed by atoms with Gasteiger partial charge in [0.05, 0.1) is 11.9 Å². The van der Waals surface area contributed by atoms with Gasteiger partial charge in [0, 0.05) is 12.5 Å². The van der Waals surface area contributed by atoms with Crippen LogP contribution in [-0.2, 0) is 4.79 Å². The molecule has 0 saturated carbocycles. The molecule has 5 heteroatoms. The summed E-state index contributed by atoms with van der Waals surface area (Å²) >= 11 is 3.24. The molecule has 4 nitrogen and oxygen atoms in total. The number of pyridine rings is 1. The molecule has 0 aromatic carbocycles. The third kappa shape index (κ3) is 6.12. The van der Waals surface area contributed by atoms with Gasteiger partial charge in [0.1, 0.15) is 4.60 Å². The van der Waals surface area contributed by atoms with Crippen LogP contribution >= 0.6 is 15.9 Å². The smallest absolute Gasteiger partial charge is 0.225 e. The fraction of sp³-hybridized carbons (Fsp3) is 0.538. The average molecular weight is 314 g/mol. The van der Waals surface area contributed by atoms with Crippen molar-refractivity contribution in [2.45, 2.75) is 39.7 Å². The minimum atomic E-state index is -0.117. The molecule has 0 radical (unpaired) electrons. The first-order chi connectivity index (χ1) is 8.26. The highest BCUT2D eigenvalue weighted by molar-refractivity contribution is 9.10. The predicted octanol–water partition coefficient (Wildman–Crippen LogP) is 2.94. The highest BCUT2D eigenvalue weighted by atomic mass is 79.9. The molecule has 1 aromatic heterocycles. The van der Waals surface area contributed by atoms with Gasteiger partial charge in [-0.15, -0.1) is 0 Å². The van der Waals surface area contributed by atoms with E-state index in [0.29, 0.717) is 12.1 Å². The molecule has 1 aromatic rings. The van der Waals surface area contributed by atoms with Crippen LogP contribution in [0.1, 0.15) is 33.6 Å². The van der Waals surface area contributed by atoms with Crippen molar-refractivity contribution < 1.29 is 4.79 Å². The maximum absolute atomic E-state index is 11.8. The third-order valence-electron chi connectivity index (χ3n) is 2.33. The van der Waals surface area contributed by atoms with Crippen LogP contribution in [0, 0.1) is 5.41 Å². The Morgan fingerprint density at radius 1 is 1.50 bits per heavy atom. The summed E-state index contributed by atoms with van der Waals surface area (Å²) in [6.45, 7) is 6.34. The molecule has 0 bridgehead atoms. The molecule has 0 saturated heterocycles. The topological polar surface area (TPSA) is 68.0 Å². The Labute approximate surface area is 116 Å². The van der Waals surface area contributed by atoms with Gasteiger partial charge in [0.15, 0.2) is 0 Å². The SMILES string of the molecule is CC(C)(C)CC(N)CC(=O)Nc1ccc(Br)nc1. The van der Waals surface area contributed by atoms with Crippen LogP contribution in [0.4, 0.5) is 5.69 Å². The molecule has 0 aliphatic rings. The monoisotopic (exact) mass is 313 g/mol. The number of nitrogens with two attached hydrogens (primary N) is 1. The second-order valence-electron chi connectivity index (χ2n) is 5.65. The van der Waals surface area contributed by atoms with E-state index < -0.39 is 0 Å². The van der Waals surface area contributed by atoms with Crippen LogP contribution in [-0.4, -0.2) is 16.9 Å². The van der Waals surface area contributed by atoms with Gasteiger partial charge in [0.25, 0.3) is 0 Å². The lowest BCUT2D eigenvalue weighted by Gasteiger charge is -2.22.